The molecule has 0 saturated heterocycles. The fourth-order valence-electron chi connectivity index (χ4n) is 4.76. The first-order chi connectivity index (χ1) is 14.7. The normalized spacial score (nSPS) is 11.8. The van der Waals surface area contributed by atoms with Crippen molar-refractivity contribution in [3.63, 3.8) is 0 Å². The summed E-state index contributed by atoms with van der Waals surface area (Å²) in [6.07, 6.45) is 0.480. The Hall–Kier alpha value is -3.71. The molecule has 30 heavy (non-hydrogen) atoms. The van der Waals surface area contributed by atoms with Crippen molar-refractivity contribution in [3.8, 4) is 0 Å². The van der Waals surface area contributed by atoms with Crippen LogP contribution in [0.2, 0.25) is 0 Å². The van der Waals surface area contributed by atoms with Crippen LogP contribution in [0.4, 0.5) is 0 Å². The van der Waals surface area contributed by atoms with Crippen LogP contribution in [0.3, 0.4) is 0 Å². The Morgan fingerprint density at radius 2 is 1.03 bits per heavy atom. The molecule has 0 aliphatic heterocycles. The predicted octanol–water partition coefficient (Wildman–Crippen LogP) is 7.58. The lowest BCUT2D eigenvalue weighted by Crippen LogP contribution is -1.97. The van der Waals surface area contributed by atoms with Gasteiger partial charge in [0.15, 0.2) is 0 Å². The Labute approximate surface area is 174 Å². The highest BCUT2D eigenvalue weighted by atomic mass is 16.1. The van der Waals surface area contributed by atoms with E-state index >= 15 is 0 Å². The van der Waals surface area contributed by atoms with Crippen molar-refractivity contribution in [3.05, 3.63) is 96.6 Å². The van der Waals surface area contributed by atoms with E-state index in [0.29, 0.717) is 6.42 Å². The predicted molar refractivity (Wildman–Crippen MR) is 128 cm³/mol. The Bertz CT molecular complexity index is 1640. The Morgan fingerprint density at radius 1 is 0.533 bits per heavy atom. The van der Waals surface area contributed by atoms with Gasteiger partial charge in [-0.1, -0.05) is 54.6 Å². The number of hydrogen-bond acceptors (Lipinski definition) is 1. The number of ketones is 1. The van der Waals surface area contributed by atoms with Crippen LogP contribution in [0.1, 0.15) is 12.5 Å². The van der Waals surface area contributed by atoms with E-state index in [1.165, 1.54) is 53.9 Å². The van der Waals surface area contributed by atoms with Gasteiger partial charge in [-0.25, -0.2) is 0 Å². The van der Waals surface area contributed by atoms with Gasteiger partial charge in [-0.2, -0.15) is 0 Å². The summed E-state index contributed by atoms with van der Waals surface area (Å²) >= 11 is 0. The second kappa shape index (κ2) is 6.40. The Balaban J connectivity index is 1.68. The van der Waals surface area contributed by atoms with Crippen molar-refractivity contribution in [1.82, 2.24) is 0 Å². The third kappa shape index (κ3) is 2.67. The lowest BCUT2D eigenvalue weighted by atomic mass is 9.93. The molecule has 0 bridgehead atoms. The van der Waals surface area contributed by atoms with E-state index in [2.05, 4.69) is 91.0 Å². The third-order valence-electron chi connectivity index (χ3n) is 6.19. The van der Waals surface area contributed by atoms with Crippen molar-refractivity contribution < 1.29 is 4.79 Å². The van der Waals surface area contributed by atoms with Gasteiger partial charge in [0.05, 0.1) is 0 Å². The topological polar surface area (TPSA) is 17.1 Å². The summed E-state index contributed by atoms with van der Waals surface area (Å²) in [6.45, 7) is 1.65. The number of benzene rings is 6. The molecule has 1 heteroatoms. The first-order valence-corrected chi connectivity index (χ1v) is 10.4. The summed E-state index contributed by atoms with van der Waals surface area (Å²) in [7, 11) is 0. The fourth-order valence-corrected chi connectivity index (χ4v) is 4.76. The summed E-state index contributed by atoms with van der Waals surface area (Å²) in [5, 5.41) is 12.4. The third-order valence-corrected chi connectivity index (χ3v) is 6.19. The summed E-state index contributed by atoms with van der Waals surface area (Å²) < 4.78 is 0. The molecule has 6 aromatic carbocycles. The van der Waals surface area contributed by atoms with Crippen LogP contribution in [0, 0.1) is 0 Å². The molecule has 0 spiro atoms. The molecule has 1 nitrogen and oxygen atoms in total. The van der Waals surface area contributed by atoms with E-state index in [0.717, 1.165) is 5.56 Å². The van der Waals surface area contributed by atoms with Gasteiger partial charge < -0.3 is 0 Å². The molecule has 0 heterocycles. The summed E-state index contributed by atoms with van der Waals surface area (Å²) in [6, 6.07) is 32.9. The van der Waals surface area contributed by atoms with Gasteiger partial charge in [-0.3, -0.25) is 4.79 Å². The molecule has 0 radical (unpaired) electrons. The molecular formula is C29H20O. The van der Waals surface area contributed by atoms with Crippen molar-refractivity contribution in [2.75, 3.05) is 0 Å². The average Bonchev–Trinajstić information content (AvgIpc) is 2.75. The monoisotopic (exact) mass is 384 g/mol. The molecular weight excluding hydrogens is 364 g/mol. The Morgan fingerprint density at radius 3 is 1.73 bits per heavy atom. The first-order valence-electron chi connectivity index (χ1n) is 10.4. The molecule has 0 fully saturated rings. The SMILES string of the molecule is CC(=O)Cc1cccc2cc3c(ccc4cc5cc6ccccc6cc5cc43)cc12. The summed E-state index contributed by atoms with van der Waals surface area (Å²) in [5.74, 6) is 0.194. The zero-order valence-electron chi connectivity index (χ0n) is 16.8. The van der Waals surface area contributed by atoms with Crippen LogP contribution >= 0.6 is 0 Å². The highest BCUT2D eigenvalue weighted by Crippen LogP contribution is 2.34. The molecule has 6 rings (SSSR count). The quantitative estimate of drug-likeness (QED) is 0.222. The molecule has 0 N–H and O–H groups in total. The lowest BCUT2D eigenvalue weighted by Gasteiger charge is -2.11. The number of hydrogen-bond donors (Lipinski definition) is 0. The zero-order chi connectivity index (χ0) is 20.2. The highest BCUT2D eigenvalue weighted by Gasteiger charge is 2.09. The molecule has 0 aliphatic rings. The van der Waals surface area contributed by atoms with E-state index in [1.54, 1.807) is 6.92 Å². The van der Waals surface area contributed by atoms with Crippen LogP contribution in [-0.2, 0) is 11.2 Å². The van der Waals surface area contributed by atoms with Crippen molar-refractivity contribution >= 4 is 59.6 Å². The van der Waals surface area contributed by atoms with Crippen LogP contribution < -0.4 is 0 Å². The molecule has 0 unspecified atom stereocenters. The zero-order valence-corrected chi connectivity index (χ0v) is 16.8. The number of fused-ring (bicyclic) bond motifs is 6. The van der Waals surface area contributed by atoms with E-state index in [9.17, 15) is 4.79 Å². The molecule has 6 aromatic rings. The molecule has 0 saturated carbocycles. The smallest absolute Gasteiger partial charge is 0.134 e. The van der Waals surface area contributed by atoms with Crippen LogP contribution in [0.25, 0.3) is 53.9 Å². The summed E-state index contributed by atoms with van der Waals surface area (Å²) in [4.78, 5) is 11.7. The standard InChI is InChI=1S/C29H20O/c1-18(30)11-21-7-4-8-22-16-28-24(15-27(21)22)10-9-23-14-25-12-19-5-2-3-6-20(19)13-26(25)17-29(23)28/h2-10,12-17H,11H2,1H3. The summed E-state index contributed by atoms with van der Waals surface area (Å²) in [5.41, 5.74) is 1.10. The van der Waals surface area contributed by atoms with Gasteiger partial charge in [0.2, 0.25) is 0 Å². The second-order valence-electron chi connectivity index (χ2n) is 8.28. The lowest BCUT2D eigenvalue weighted by molar-refractivity contribution is -0.116. The van der Waals surface area contributed by atoms with Gasteiger partial charge in [-0.05, 0) is 103 Å². The van der Waals surface area contributed by atoms with E-state index in [1.807, 2.05) is 0 Å². The number of carbonyl (C=O) groups excluding carboxylic acids is 1. The van der Waals surface area contributed by atoms with Gasteiger partial charge in [0, 0.05) is 6.42 Å². The van der Waals surface area contributed by atoms with Gasteiger partial charge >= 0.3 is 0 Å². The van der Waals surface area contributed by atoms with Crippen LogP contribution in [-0.4, -0.2) is 5.78 Å². The van der Waals surface area contributed by atoms with Gasteiger partial charge in [-0.15, -0.1) is 0 Å². The minimum absolute atomic E-state index is 0.194. The number of carbonyl (C=O) groups is 1. The van der Waals surface area contributed by atoms with E-state index < -0.39 is 0 Å². The van der Waals surface area contributed by atoms with E-state index in [4.69, 9.17) is 0 Å². The maximum Gasteiger partial charge on any atom is 0.134 e. The van der Waals surface area contributed by atoms with Crippen LogP contribution in [0.5, 0.6) is 0 Å². The van der Waals surface area contributed by atoms with Crippen molar-refractivity contribution in [2.45, 2.75) is 13.3 Å². The number of rotatable bonds is 2. The molecule has 0 atom stereocenters. The van der Waals surface area contributed by atoms with E-state index in [-0.39, 0.29) is 5.78 Å². The average molecular weight is 384 g/mol. The second-order valence-corrected chi connectivity index (χ2v) is 8.28. The molecule has 0 aliphatic carbocycles. The maximum atomic E-state index is 11.7. The first kappa shape index (κ1) is 17.2. The van der Waals surface area contributed by atoms with Gasteiger partial charge in [0.1, 0.15) is 5.78 Å². The molecule has 142 valence electrons. The Kier molecular flexibility index (Phi) is 3.66. The molecule has 0 aromatic heterocycles. The number of Topliss-reactive ketones (excluding diaryl/α,β-unsaturated/α-hetero) is 1. The molecule has 0 amide bonds. The maximum absolute atomic E-state index is 11.7. The fraction of sp³-hybridized carbons (Fsp3) is 0.0690. The minimum atomic E-state index is 0.194. The highest BCUT2D eigenvalue weighted by molar-refractivity contribution is 6.16. The minimum Gasteiger partial charge on any atom is -0.300 e. The van der Waals surface area contributed by atoms with Gasteiger partial charge in [0.25, 0.3) is 0 Å². The largest absolute Gasteiger partial charge is 0.300 e. The van der Waals surface area contributed by atoms with Crippen LogP contribution in [0.15, 0.2) is 91.0 Å². The van der Waals surface area contributed by atoms with Crippen molar-refractivity contribution in [1.29, 1.82) is 0 Å². The van der Waals surface area contributed by atoms with Crippen molar-refractivity contribution in [2.24, 2.45) is 0 Å².